The van der Waals surface area contributed by atoms with Gasteiger partial charge in [-0.25, -0.2) is 15.4 Å². The molecule has 29 heavy (non-hydrogen) atoms. The van der Waals surface area contributed by atoms with Gasteiger partial charge in [0.1, 0.15) is 12.2 Å². The number of hydrogen-bond acceptors (Lipinski definition) is 6. The maximum atomic E-state index is 5.96. The smallest absolute Gasteiger partial charge is 0.139 e. The zero-order valence-corrected chi connectivity index (χ0v) is 16.4. The molecule has 2 aliphatic rings. The van der Waals surface area contributed by atoms with E-state index in [1.54, 1.807) is 6.20 Å². The maximum Gasteiger partial charge on any atom is 0.139 e. The van der Waals surface area contributed by atoms with Crippen LogP contribution in [0.5, 0.6) is 0 Å². The highest BCUT2D eigenvalue weighted by molar-refractivity contribution is 6.30. The molecule has 0 saturated heterocycles. The van der Waals surface area contributed by atoms with E-state index >= 15 is 0 Å². The van der Waals surface area contributed by atoms with Gasteiger partial charge in [0.05, 0.1) is 24.1 Å². The summed E-state index contributed by atoms with van der Waals surface area (Å²) in [5.41, 5.74) is 9.82. The van der Waals surface area contributed by atoms with Crippen LogP contribution < -0.4 is 10.7 Å². The van der Waals surface area contributed by atoms with Gasteiger partial charge in [-0.15, -0.1) is 0 Å². The number of aliphatic imine (C=N–C) groups is 1. The van der Waals surface area contributed by atoms with E-state index in [2.05, 4.69) is 32.8 Å². The van der Waals surface area contributed by atoms with Crippen LogP contribution in [0.25, 0.3) is 11.3 Å². The summed E-state index contributed by atoms with van der Waals surface area (Å²) in [4.78, 5) is 13.5. The van der Waals surface area contributed by atoms with E-state index in [0.717, 1.165) is 51.9 Å². The maximum absolute atomic E-state index is 5.96. The molecule has 3 aromatic rings. The third-order valence-corrected chi connectivity index (χ3v) is 5.30. The van der Waals surface area contributed by atoms with Gasteiger partial charge in [0.2, 0.25) is 0 Å². The minimum Gasteiger partial charge on any atom is -0.338 e. The number of nitrogens with zero attached hydrogens (tertiary/aromatic N) is 4. The van der Waals surface area contributed by atoms with Crippen molar-refractivity contribution >= 4 is 40.7 Å². The highest BCUT2D eigenvalue weighted by atomic mass is 35.5. The van der Waals surface area contributed by atoms with Crippen molar-refractivity contribution in [3.8, 4) is 0 Å². The predicted octanol–water partition coefficient (Wildman–Crippen LogP) is 4.15. The molecular weight excluding hydrogens is 384 g/mol. The van der Waals surface area contributed by atoms with Crippen LogP contribution in [0.2, 0.25) is 5.02 Å². The quantitative estimate of drug-likeness (QED) is 0.686. The molecule has 0 radical (unpaired) electrons. The molecule has 0 spiro atoms. The molecule has 2 aliphatic heterocycles. The van der Waals surface area contributed by atoms with Gasteiger partial charge in [0.15, 0.2) is 0 Å². The summed E-state index contributed by atoms with van der Waals surface area (Å²) in [7, 11) is 0. The molecule has 0 bridgehead atoms. The van der Waals surface area contributed by atoms with Crippen LogP contribution in [0.15, 0.2) is 66.0 Å². The fourth-order valence-electron chi connectivity index (χ4n) is 3.61. The van der Waals surface area contributed by atoms with Crippen molar-refractivity contribution in [2.75, 3.05) is 18.4 Å². The Kier molecular flexibility index (Phi) is 4.71. The van der Waals surface area contributed by atoms with E-state index in [-0.39, 0.29) is 0 Å². The highest BCUT2D eigenvalue weighted by Gasteiger charge is 2.25. The van der Waals surface area contributed by atoms with Gasteiger partial charge in [-0.2, -0.15) is 0 Å². The molecule has 0 aliphatic carbocycles. The van der Waals surface area contributed by atoms with Gasteiger partial charge in [-0.05, 0) is 42.3 Å². The fourth-order valence-corrected chi connectivity index (χ4v) is 3.73. The molecule has 1 aromatic carbocycles. The van der Waals surface area contributed by atoms with Crippen LogP contribution in [0, 0.1) is 0 Å². The summed E-state index contributed by atoms with van der Waals surface area (Å²) in [5.74, 6) is 0.799. The van der Waals surface area contributed by atoms with E-state index in [4.69, 9.17) is 16.6 Å². The number of hydrogen-bond donors (Lipinski definition) is 2. The van der Waals surface area contributed by atoms with Crippen molar-refractivity contribution in [3.63, 3.8) is 0 Å². The summed E-state index contributed by atoms with van der Waals surface area (Å²) < 4.78 is 0. The molecule has 5 rings (SSSR count). The second kappa shape index (κ2) is 7.66. The third-order valence-electron chi connectivity index (χ3n) is 5.04. The zero-order chi connectivity index (χ0) is 19.6. The molecule has 0 amide bonds. The summed E-state index contributed by atoms with van der Waals surface area (Å²) in [5, 5.41) is 6.19. The van der Waals surface area contributed by atoms with Crippen LogP contribution in [0.4, 0.5) is 11.5 Å². The molecular formula is C22H19ClN6. The molecule has 0 unspecified atom stereocenters. The lowest BCUT2D eigenvalue weighted by atomic mass is 10.0. The summed E-state index contributed by atoms with van der Waals surface area (Å²) in [6, 6.07) is 14.0. The lowest BCUT2D eigenvalue weighted by Crippen LogP contribution is -2.40. The van der Waals surface area contributed by atoms with Crippen molar-refractivity contribution in [1.82, 2.24) is 20.4 Å². The highest BCUT2D eigenvalue weighted by Crippen LogP contribution is 2.40. The normalized spacial score (nSPS) is 14.6. The van der Waals surface area contributed by atoms with Crippen molar-refractivity contribution in [2.24, 2.45) is 4.99 Å². The number of pyridine rings is 2. The molecule has 2 aromatic heterocycles. The molecule has 0 atom stereocenters. The lowest BCUT2D eigenvalue weighted by molar-refractivity contribution is 0.351. The Morgan fingerprint density at radius 3 is 2.86 bits per heavy atom. The van der Waals surface area contributed by atoms with Crippen molar-refractivity contribution in [3.05, 3.63) is 82.8 Å². The largest absolute Gasteiger partial charge is 0.338 e. The first-order valence-corrected chi connectivity index (χ1v) is 9.84. The SMILES string of the molecule is Clc1ccc(CCNN2C=NC3=C(C2)c2ccncc2Nc2ncccc23)cc1. The van der Waals surface area contributed by atoms with Gasteiger partial charge in [0.25, 0.3) is 0 Å². The molecule has 2 N–H and O–H groups in total. The van der Waals surface area contributed by atoms with Crippen molar-refractivity contribution in [2.45, 2.75) is 6.42 Å². The summed E-state index contributed by atoms with van der Waals surface area (Å²) >= 11 is 5.96. The van der Waals surface area contributed by atoms with Crippen LogP contribution >= 0.6 is 11.6 Å². The van der Waals surface area contributed by atoms with Crippen molar-refractivity contribution < 1.29 is 0 Å². The number of anilines is 2. The summed E-state index contributed by atoms with van der Waals surface area (Å²) in [6.45, 7) is 1.50. The van der Waals surface area contributed by atoms with Crippen LogP contribution in [-0.2, 0) is 6.42 Å². The molecule has 0 fully saturated rings. The topological polar surface area (TPSA) is 65.4 Å². The molecule has 7 heteroatoms. The third kappa shape index (κ3) is 3.60. The Bertz CT molecular complexity index is 1110. The number of halogens is 1. The van der Waals surface area contributed by atoms with Crippen molar-refractivity contribution in [1.29, 1.82) is 0 Å². The second-order valence-electron chi connectivity index (χ2n) is 6.93. The standard InChI is InChI=1S/C22H19ClN6/c23-16-5-3-15(4-6-16)7-11-27-29-13-19-17-8-10-24-12-20(17)28-22-18(2-1-9-25-22)21(19)26-14-29/h1-6,8-10,12,14,27H,7,11,13H2,(H,25,28). The molecule has 4 heterocycles. The van der Waals surface area contributed by atoms with Crippen LogP contribution in [0.1, 0.15) is 16.7 Å². The lowest BCUT2D eigenvalue weighted by Gasteiger charge is -2.27. The van der Waals surface area contributed by atoms with Gasteiger partial charge < -0.3 is 5.32 Å². The average Bonchev–Trinajstić information content (AvgIpc) is 2.89. The zero-order valence-electron chi connectivity index (χ0n) is 15.6. The Labute approximate surface area is 174 Å². The van der Waals surface area contributed by atoms with Gasteiger partial charge in [-0.1, -0.05) is 23.7 Å². The van der Waals surface area contributed by atoms with Crippen LogP contribution in [-0.4, -0.2) is 34.4 Å². The first kappa shape index (κ1) is 17.8. The van der Waals surface area contributed by atoms with Gasteiger partial charge >= 0.3 is 0 Å². The van der Waals surface area contributed by atoms with Crippen LogP contribution in [0.3, 0.4) is 0 Å². The van der Waals surface area contributed by atoms with E-state index < -0.39 is 0 Å². The Hall–Kier alpha value is -3.22. The molecule has 6 nitrogen and oxygen atoms in total. The number of benzene rings is 1. The molecule has 0 saturated carbocycles. The van der Waals surface area contributed by atoms with E-state index in [0.29, 0.717) is 6.54 Å². The molecule has 144 valence electrons. The first-order chi connectivity index (χ1) is 14.3. The van der Waals surface area contributed by atoms with E-state index in [1.807, 2.05) is 54.1 Å². The monoisotopic (exact) mass is 402 g/mol. The number of nitrogens with one attached hydrogen (secondary N) is 2. The minimum atomic E-state index is 0.701. The van der Waals surface area contributed by atoms with E-state index in [1.165, 1.54) is 5.56 Å². The van der Waals surface area contributed by atoms with Gasteiger partial charge in [0, 0.05) is 40.7 Å². The Morgan fingerprint density at radius 2 is 1.97 bits per heavy atom. The number of rotatable bonds is 4. The Morgan fingerprint density at radius 1 is 1.07 bits per heavy atom. The minimum absolute atomic E-state index is 0.701. The van der Waals surface area contributed by atoms with E-state index in [9.17, 15) is 0 Å². The summed E-state index contributed by atoms with van der Waals surface area (Å²) in [6.07, 6.45) is 8.18. The van der Waals surface area contributed by atoms with Gasteiger partial charge in [-0.3, -0.25) is 9.99 Å². The number of fused-ring (bicyclic) bond motifs is 4. The predicted molar refractivity (Wildman–Crippen MR) is 117 cm³/mol. The second-order valence-corrected chi connectivity index (χ2v) is 7.37. The average molecular weight is 403 g/mol. The first-order valence-electron chi connectivity index (χ1n) is 9.47. The fraction of sp³-hybridized carbons (Fsp3) is 0.136. The number of hydrazine groups is 1. The number of aromatic nitrogens is 2. The Balaban J connectivity index is 1.38.